The van der Waals surface area contributed by atoms with Crippen molar-refractivity contribution >= 4 is 23.5 Å². The minimum absolute atomic E-state index is 0.0166. The molecule has 1 atom stereocenters. The molecule has 1 aliphatic heterocycles. The summed E-state index contributed by atoms with van der Waals surface area (Å²) in [7, 11) is 0. The third-order valence-corrected chi connectivity index (χ3v) is 4.58. The van der Waals surface area contributed by atoms with Crippen LogP contribution in [0.15, 0.2) is 42.5 Å². The van der Waals surface area contributed by atoms with Gasteiger partial charge >= 0.3 is 6.03 Å². The van der Waals surface area contributed by atoms with Gasteiger partial charge in [0.25, 0.3) is 11.8 Å². The number of hydrogen-bond donors (Lipinski definition) is 3. The normalized spacial score (nSPS) is 15.7. The highest BCUT2D eigenvalue weighted by Gasteiger charge is 2.43. The molecule has 164 valence electrons. The number of carbonyl (C=O) groups excluding carboxylic acids is 3. The number of benzene rings is 2. The van der Waals surface area contributed by atoms with E-state index >= 15 is 0 Å². The van der Waals surface area contributed by atoms with Gasteiger partial charge in [0.1, 0.15) is 17.5 Å². The summed E-state index contributed by atoms with van der Waals surface area (Å²) in [5.41, 5.74) is 5.39. The average Bonchev–Trinajstić information content (AvgIpc) is 3.17. The van der Waals surface area contributed by atoms with Crippen molar-refractivity contribution in [2.75, 3.05) is 31.5 Å². The van der Waals surface area contributed by atoms with Gasteiger partial charge in [0.15, 0.2) is 6.17 Å². The summed E-state index contributed by atoms with van der Waals surface area (Å²) in [5, 5.41) is 5.04. The summed E-state index contributed by atoms with van der Waals surface area (Å²) < 4.78 is 40.2. The van der Waals surface area contributed by atoms with Crippen LogP contribution in [0.2, 0.25) is 0 Å². The Kier molecular flexibility index (Phi) is 6.75. The van der Waals surface area contributed by atoms with E-state index in [0.29, 0.717) is 6.07 Å². The highest BCUT2D eigenvalue weighted by molar-refractivity contribution is 6.00. The van der Waals surface area contributed by atoms with E-state index in [9.17, 15) is 27.6 Å². The number of rotatable bonds is 5. The summed E-state index contributed by atoms with van der Waals surface area (Å²) in [4.78, 5) is 40.5. The van der Waals surface area contributed by atoms with E-state index in [2.05, 4.69) is 10.6 Å². The number of nitrogens with one attached hydrogen (secondary N) is 2. The minimum Gasteiger partial charge on any atom is -0.351 e. The maximum absolute atomic E-state index is 13.6. The second-order valence-corrected chi connectivity index (χ2v) is 6.74. The summed E-state index contributed by atoms with van der Waals surface area (Å²) in [5.74, 6) is -3.88. The van der Waals surface area contributed by atoms with E-state index in [1.54, 1.807) is 0 Å². The molecule has 0 aliphatic carbocycles. The number of hydrogen-bond acceptors (Lipinski definition) is 4. The summed E-state index contributed by atoms with van der Waals surface area (Å²) in [6, 6.07) is 6.59. The Labute approximate surface area is 175 Å². The van der Waals surface area contributed by atoms with Crippen molar-refractivity contribution < 1.29 is 27.6 Å². The lowest BCUT2D eigenvalue weighted by molar-refractivity contribution is -0.127. The van der Waals surface area contributed by atoms with Crippen LogP contribution in [-0.2, 0) is 4.79 Å². The van der Waals surface area contributed by atoms with E-state index in [0.717, 1.165) is 34.1 Å². The molecule has 1 aliphatic rings. The van der Waals surface area contributed by atoms with Gasteiger partial charge < -0.3 is 21.3 Å². The molecule has 0 radical (unpaired) electrons. The van der Waals surface area contributed by atoms with Gasteiger partial charge in [-0.2, -0.15) is 0 Å². The molecular formula is C20H20F3N5O3. The van der Waals surface area contributed by atoms with Crippen LogP contribution in [0.3, 0.4) is 0 Å². The van der Waals surface area contributed by atoms with E-state index in [1.807, 2.05) is 0 Å². The zero-order valence-corrected chi connectivity index (χ0v) is 16.3. The third-order valence-electron chi connectivity index (χ3n) is 4.58. The molecule has 8 nitrogen and oxygen atoms in total. The minimum atomic E-state index is -1.37. The lowest BCUT2D eigenvalue weighted by Gasteiger charge is -2.29. The predicted molar refractivity (Wildman–Crippen MR) is 105 cm³/mol. The monoisotopic (exact) mass is 435 g/mol. The van der Waals surface area contributed by atoms with E-state index in [4.69, 9.17) is 5.73 Å². The first-order valence-corrected chi connectivity index (χ1v) is 9.38. The van der Waals surface area contributed by atoms with Crippen LogP contribution in [0.4, 0.5) is 23.7 Å². The zero-order chi connectivity index (χ0) is 22.5. The molecule has 0 saturated carbocycles. The Bertz CT molecular complexity index is 966. The average molecular weight is 435 g/mol. The molecule has 4 amide bonds. The van der Waals surface area contributed by atoms with Crippen molar-refractivity contribution in [2.24, 2.45) is 5.73 Å². The fourth-order valence-electron chi connectivity index (χ4n) is 3.19. The maximum atomic E-state index is 13.6. The smallest absolute Gasteiger partial charge is 0.323 e. The van der Waals surface area contributed by atoms with Gasteiger partial charge in [0.2, 0.25) is 0 Å². The van der Waals surface area contributed by atoms with Gasteiger partial charge in [-0.15, -0.1) is 0 Å². The molecule has 1 unspecified atom stereocenters. The van der Waals surface area contributed by atoms with Crippen molar-refractivity contribution in [1.29, 1.82) is 0 Å². The van der Waals surface area contributed by atoms with Gasteiger partial charge in [-0.3, -0.25) is 14.5 Å². The number of halogens is 3. The first kappa shape index (κ1) is 22.1. The Morgan fingerprint density at radius 2 is 1.55 bits per heavy atom. The van der Waals surface area contributed by atoms with Crippen LogP contribution in [0.25, 0.3) is 0 Å². The van der Waals surface area contributed by atoms with E-state index < -0.39 is 41.5 Å². The number of nitrogens with zero attached hydrogens (tertiary/aromatic N) is 2. The van der Waals surface area contributed by atoms with Gasteiger partial charge in [0, 0.05) is 43.5 Å². The number of nitrogens with two attached hydrogens (primary N) is 1. The van der Waals surface area contributed by atoms with Gasteiger partial charge in [0.05, 0.1) is 0 Å². The molecule has 2 aromatic carbocycles. The molecule has 31 heavy (non-hydrogen) atoms. The highest BCUT2D eigenvalue weighted by atomic mass is 19.1. The van der Waals surface area contributed by atoms with Crippen molar-refractivity contribution in [2.45, 2.75) is 6.17 Å². The number of anilines is 1. The fraction of sp³-hybridized carbons (Fsp3) is 0.250. The zero-order valence-electron chi connectivity index (χ0n) is 16.3. The van der Waals surface area contributed by atoms with Crippen molar-refractivity contribution in [3.63, 3.8) is 0 Å². The maximum Gasteiger partial charge on any atom is 0.323 e. The summed E-state index contributed by atoms with van der Waals surface area (Å²) >= 11 is 0. The fourth-order valence-corrected chi connectivity index (χ4v) is 3.19. The van der Waals surface area contributed by atoms with Crippen LogP contribution in [0.1, 0.15) is 10.4 Å². The van der Waals surface area contributed by atoms with Crippen LogP contribution in [0.5, 0.6) is 0 Å². The molecule has 0 aromatic heterocycles. The van der Waals surface area contributed by atoms with Crippen LogP contribution in [-0.4, -0.2) is 60.0 Å². The molecule has 0 bridgehead atoms. The standard InChI is InChI=1S/C20H20F3N5O3/c21-13-1-3-16(4-2-13)26-20(31)28-8-7-27(18(28)17(29)25-6-5-24)19(30)12-9-14(22)11-15(23)10-12/h1-4,9-11,18H,5-8,24H2,(H,25,29)(H,26,31). The van der Waals surface area contributed by atoms with Gasteiger partial charge in [-0.25, -0.2) is 18.0 Å². The summed E-state index contributed by atoms with van der Waals surface area (Å²) in [6.07, 6.45) is -1.37. The molecule has 11 heteroatoms. The Morgan fingerprint density at radius 3 is 2.16 bits per heavy atom. The molecule has 1 fully saturated rings. The lowest BCUT2D eigenvalue weighted by Crippen LogP contribution is -2.55. The molecule has 1 saturated heterocycles. The van der Waals surface area contributed by atoms with Gasteiger partial charge in [-0.05, 0) is 36.4 Å². The molecule has 2 aromatic rings. The molecule has 3 rings (SSSR count). The second-order valence-electron chi connectivity index (χ2n) is 6.74. The quantitative estimate of drug-likeness (QED) is 0.662. The first-order valence-electron chi connectivity index (χ1n) is 9.38. The SMILES string of the molecule is NCCNC(=O)C1N(C(=O)Nc2ccc(F)cc2)CCN1C(=O)c1cc(F)cc(F)c1. The lowest BCUT2D eigenvalue weighted by atomic mass is 10.2. The Balaban J connectivity index is 1.85. The topological polar surface area (TPSA) is 108 Å². The van der Waals surface area contributed by atoms with E-state index in [-0.39, 0.29) is 37.4 Å². The largest absolute Gasteiger partial charge is 0.351 e. The molecule has 4 N–H and O–H groups in total. The second kappa shape index (κ2) is 9.47. The van der Waals surface area contributed by atoms with Gasteiger partial charge in [-0.1, -0.05) is 0 Å². The van der Waals surface area contributed by atoms with Crippen LogP contribution < -0.4 is 16.4 Å². The van der Waals surface area contributed by atoms with Crippen molar-refractivity contribution in [3.8, 4) is 0 Å². The van der Waals surface area contributed by atoms with Crippen LogP contribution in [0, 0.1) is 17.5 Å². The van der Waals surface area contributed by atoms with Crippen molar-refractivity contribution in [3.05, 3.63) is 65.5 Å². The molecular weight excluding hydrogens is 415 g/mol. The van der Waals surface area contributed by atoms with Crippen LogP contribution >= 0.6 is 0 Å². The number of urea groups is 1. The Morgan fingerprint density at radius 1 is 0.935 bits per heavy atom. The number of amides is 4. The Hall–Kier alpha value is -3.60. The third kappa shape index (κ3) is 5.12. The highest BCUT2D eigenvalue weighted by Crippen LogP contribution is 2.21. The van der Waals surface area contributed by atoms with Crippen molar-refractivity contribution in [1.82, 2.24) is 15.1 Å². The number of carbonyl (C=O) groups is 3. The predicted octanol–water partition coefficient (Wildman–Crippen LogP) is 1.49. The molecule has 0 spiro atoms. The summed E-state index contributed by atoms with van der Waals surface area (Å²) in [6.45, 7) is 0.161. The molecule has 1 heterocycles. The first-order chi connectivity index (χ1) is 14.8. The van der Waals surface area contributed by atoms with E-state index in [1.165, 1.54) is 12.1 Å².